The smallest absolute Gasteiger partial charge is 0.257 e. The first-order valence-corrected chi connectivity index (χ1v) is 11.4. The van der Waals surface area contributed by atoms with Gasteiger partial charge >= 0.3 is 0 Å². The topological polar surface area (TPSA) is 111 Å². The second-order valence-electron chi connectivity index (χ2n) is 8.24. The number of aromatic nitrogens is 4. The zero-order valence-corrected chi connectivity index (χ0v) is 19.7. The number of nitrogens with one attached hydrogen (secondary N) is 1. The van der Waals surface area contributed by atoms with E-state index in [2.05, 4.69) is 25.6 Å². The predicted octanol–water partition coefficient (Wildman–Crippen LogP) is 3.39. The van der Waals surface area contributed by atoms with Crippen LogP contribution in [-0.2, 0) is 11.3 Å². The number of hydrogen-bond acceptors (Lipinski definition) is 8. The molecule has 2 aromatic heterocycles. The number of ether oxygens (including phenoxy) is 1. The number of carbonyl (C=O) groups excluding carboxylic acids is 1. The monoisotopic (exact) mass is 481 g/mol. The molecule has 3 aromatic rings. The molecule has 0 saturated carbocycles. The van der Waals surface area contributed by atoms with E-state index in [1.807, 2.05) is 6.92 Å². The van der Waals surface area contributed by atoms with Gasteiger partial charge in [0.25, 0.3) is 5.91 Å². The molecule has 5 rings (SSSR count). The first kappa shape index (κ1) is 22.3. The molecule has 0 spiro atoms. The fraction of sp³-hybridized carbons (Fsp3) is 0.348. The third-order valence-corrected chi connectivity index (χ3v) is 6.15. The molecule has 1 aliphatic carbocycles. The minimum atomic E-state index is -0.210. The van der Waals surface area contributed by atoms with Crippen molar-refractivity contribution in [2.45, 2.75) is 32.7 Å². The molecule has 1 aliphatic heterocycles. The first-order chi connectivity index (χ1) is 16.5. The lowest BCUT2D eigenvalue weighted by Gasteiger charge is -2.18. The molecule has 1 aromatic carbocycles. The van der Waals surface area contributed by atoms with Crippen molar-refractivity contribution in [1.29, 1.82) is 0 Å². The highest BCUT2D eigenvalue weighted by Crippen LogP contribution is 2.25. The van der Waals surface area contributed by atoms with Crippen LogP contribution in [0.1, 0.15) is 41.2 Å². The molecule has 11 heteroatoms. The van der Waals surface area contributed by atoms with Crippen molar-refractivity contribution in [2.75, 3.05) is 20.4 Å². The third-order valence-electron chi connectivity index (χ3n) is 5.89. The SMILES string of the molecule is Cc1c(C(=O)N(C)Cc2nnc(-c3ccc(Cl)cc3)o2)cnn1/C1=N/COCC2=C(CCC2)N1. The van der Waals surface area contributed by atoms with E-state index in [0.717, 1.165) is 30.5 Å². The van der Waals surface area contributed by atoms with Crippen LogP contribution in [-0.4, -0.2) is 57.1 Å². The summed E-state index contributed by atoms with van der Waals surface area (Å²) in [5.41, 5.74) is 4.30. The molecule has 0 fully saturated rings. The van der Waals surface area contributed by atoms with Crippen molar-refractivity contribution in [3.63, 3.8) is 0 Å². The van der Waals surface area contributed by atoms with E-state index in [-0.39, 0.29) is 19.2 Å². The fourth-order valence-corrected chi connectivity index (χ4v) is 4.15. The summed E-state index contributed by atoms with van der Waals surface area (Å²) < 4.78 is 13.0. The molecule has 0 radical (unpaired) electrons. The van der Waals surface area contributed by atoms with Gasteiger partial charge in [-0.1, -0.05) is 11.6 Å². The second-order valence-corrected chi connectivity index (χ2v) is 8.68. The van der Waals surface area contributed by atoms with Crippen LogP contribution in [0.15, 0.2) is 51.1 Å². The summed E-state index contributed by atoms with van der Waals surface area (Å²) in [5.74, 6) is 1.04. The average molecular weight is 482 g/mol. The minimum absolute atomic E-state index is 0.160. The van der Waals surface area contributed by atoms with Crippen molar-refractivity contribution < 1.29 is 13.9 Å². The highest BCUT2D eigenvalue weighted by atomic mass is 35.5. The molecule has 1 N–H and O–H groups in total. The largest absolute Gasteiger partial charge is 0.419 e. The zero-order chi connectivity index (χ0) is 23.7. The van der Waals surface area contributed by atoms with E-state index in [4.69, 9.17) is 20.8 Å². The Bertz CT molecular complexity index is 1280. The van der Waals surface area contributed by atoms with E-state index in [1.54, 1.807) is 42.2 Å². The average Bonchev–Trinajstić information content (AvgIpc) is 3.54. The van der Waals surface area contributed by atoms with Crippen molar-refractivity contribution in [1.82, 2.24) is 30.2 Å². The molecule has 0 atom stereocenters. The molecular weight excluding hydrogens is 458 g/mol. The maximum atomic E-state index is 13.2. The van der Waals surface area contributed by atoms with Crippen molar-refractivity contribution in [2.24, 2.45) is 4.99 Å². The van der Waals surface area contributed by atoms with E-state index in [1.165, 1.54) is 10.5 Å². The van der Waals surface area contributed by atoms with Gasteiger partial charge in [-0.15, -0.1) is 10.2 Å². The van der Waals surface area contributed by atoms with E-state index < -0.39 is 0 Å². The number of rotatable bonds is 4. The number of allylic oxidation sites excluding steroid dienone is 1. The van der Waals surface area contributed by atoms with Gasteiger partial charge in [-0.2, -0.15) is 5.10 Å². The molecule has 0 unspecified atom stereocenters. The first-order valence-electron chi connectivity index (χ1n) is 11.0. The van der Waals surface area contributed by atoms with E-state index >= 15 is 0 Å². The Balaban J connectivity index is 1.30. The highest BCUT2D eigenvalue weighted by Gasteiger charge is 2.24. The molecule has 3 heterocycles. The lowest BCUT2D eigenvalue weighted by Crippen LogP contribution is -2.34. The van der Waals surface area contributed by atoms with Crippen LogP contribution >= 0.6 is 11.6 Å². The number of amides is 1. The van der Waals surface area contributed by atoms with Gasteiger partial charge < -0.3 is 19.4 Å². The lowest BCUT2D eigenvalue weighted by molar-refractivity contribution is 0.0772. The summed E-state index contributed by atoms with van der Waals surface area (Å²) in [7, 11) is 1.68. The van der Waals surface area contributed by atoms with Crippen molar-refractivity contribution >= 4 is 23.5 Å². The van der Waals surface area contributed by atoms with Crippen molar-refractivity contribution in [3.8, 4) is 11.5 Å². The normalized spacial score (nSPS) is 17.4. The van der Waals surface area contributed by atoms with Gasteiger partial charge in [-0.05, 0) is 56.0 Å². The summed E-state index contributed by atoms with van der Waals surface area (Å²) in [6, 6.07) is 7.10. The van der Waals surface area contributed by atoms with E-state index in [9.17, 15) is 4.79 Å². The Morgan fingerprint density at radius 1 is 1.24 bits per heavy atom. The summed E-state index contributed by atoms with van der Waals surface area (Å²) >= 11 is 5.93. The van der Waals surface area contributed by atoms with Gasteiger partial charge in [-0.3, -0.25) is 4.79 Å². The molecule has 2 aliphatic rings. The number of nitrogens with zero attached hydrogens (tertiary/aromatic N) is 6. The molecule has 10 nitrogen and oxygen atoms in total. The Kier molecular flexibility index (Phi) is 6.16. The summed E-state index contributed by atoms with van der Waals surface area (Å²) in [5, 5.41) is 16.6. The number of halogens is 1. The van der Waals surface area contributed by atoms with Crippen LogP contribution in [0.2, 0.25) is 5.02 Å². The number of hydrogen-bond donors (Lipinski definition) is 1. The van der Waals surface area contributed by atoms with Gasteiger partial charge in [0, 0.05) is 23.3 Å². The van der Waals surface area contributed by atoms with Crippen molar-refractivity contribution in [3.05, 3.63) is 63.9 Å². The second kappa shape index (κ2) is 9.40. The molecule has 34 heavy (non-hydrogen) atoms. The summed E-state index contributed by atoms with van der Waals surface area (Å²) in [6.07, 6.45) is 4.62. The van der Waals surface area contributed by atoms with Gasteiger partial charge in [0.05, 0.1) is 30.6 Å². The van der Waals surface area contributed by atoms with E-state index in [0.29, 0.717) is 40.6 Å². The Hall–Kier alpha value is -3.50. The Morgan fingerprint density at radius 2 is 2.06 bits per heavy atom. The highest BCUT2D eigenvalue weighted by molar-refractivity contribution is 6.30. The molecule has 1 amide bonds. The van der Waals surface area contributed by atoms with Gasteiger partial charge in [0.15, 0.2) is 0 Å². The van der Waals surface area contributed by atoms with Gasteiger partial charge in [0.1, 0.15) is 6.73 Å². The molecule has 176 valence electrons. The fourth-order valence-electron chi connectivity index (χ4n) is 4.03. The minimum Gasteiger partial charge on any atom is -0.419 e. The maximum absolute atomic E-state index is 13.2. The Labute approximate surface area is 201 Å². The Morgan fingerprint density at radius 3 is 2.88 bits per heavy atom. The molecular formula is C23H24ClN7O3. The van der Waals surface area contributed by atoms with Crippen LogP contribution in [0, 0.1) is 6.92 Å². The summed E-state index contributed by atoms with van der Waals surface area (Å²) in [4.78, 5) is 19.2. The van der Waals surface area contributed by atoms with Crippen LogP contribution in [0.4, 0.5) is 0 Å². The zero-order valence-electron chi connectivity index (χ0n) is 18.9. The third kappa shape index (κ3) is 4.46. The number of carbonyl (C=O) groups is 1. The standard InChI is InChI=1S/C23H24ClN7O3/c1-14-18(10-26-31(14)23-25-13-33-12-16-4-3-5-19(16)27-23)22(32)30(2)11-20-28-29-21(34-20)15-6-8-17(24)9-7-15/h6-10H,3-5,11-13H2,1-2H3,(H,25,27). The van der Waals surface area contributed by atoms with Gasteiger partial charge in [-0.25, -0.2) is 9.67 Å². The lowest BCUT2D eigenvalue weighted by atomic mass is 10.2. The van der Waals surface area contributed by atoms with Crippen LogP contribution in [0.5, 0.6) is 0 Å². The van der Waals surface area contributed by atoms with Crippen LogP contribution in [0.3, 0.4) is 0 Å². The number of aliphatic imine (C=N–C) groups is 1. The van der Waals surface area contributed by atoms with Gasteiger partial charge in [0.2, 0.25) is 17.7 Å². The summed E-state index contributed by atoms with van der Waals surface area (Å²) in [6.45, 7) is 2.83. The maximum Gasteiger partial charge on any atom is 0.257 e. The quantitative estimate of drug-likeness (QED) is 0.608. The van der Waals surface area contributed by atoms with Crippen LogP contribution < -0.4 is 5.32 Å². The predicted molar refractivity (Wildman–Crippen MR) is 125 cm³/mol. The van der Waals surface area contributed by atoms with Crippen LogP contribution in [0.25, 0.3) is 11.5 Å². The number of benzene rings is 1. The molecule has 0 bridgehead atoms. The molecule has 0 saturated heterocycles.